The fraction of sp³-hybridized carbons (Fsp3) is 0.400. The summed E-state index contributed by atoms with van der Waals surface area (Å²) in [5, 5.41) is 16.5. The van der Waals surface area contributed by atoms with Crippen molar-refractivity contribution in [3.05, 3.63) is 10.5 Å². The average molecular weight is 174 g/mol. The van der Waals surface area contributed by atoms with E-state index >= 15 is 0 Å². The Kier molecular flexibility index (Phi) is 2.60. The van der Waals surface area contributed by atoms with Gasteiger partial charge >= 0.3 is 0 Å². The molecule has 1 atom stereocenters. The summed E-state index contributed by atoms with van der Waals surface area (Å²) in [6.07, 6.45) is 0. The van der Waals surface area contributed by atoms with Crippen LogP contribution in [0.3, 0.4) is 0 Å². The number of alkyl halides is 1. The molecule has 3 nitrogen and oxygen atoms in total. The van der Waals surface area contributed by atoms with Crippen molar-refractivity contribution in [2.24, 2.45) is 0 Å². The topological polar surface area (TPSA) is 49.6 Å². The Hall–Kier alpha value is -0.660. The van der Waals surface area contributed by atoms with E-state index in [2.05, 4.69) is 10.2 Å². The quantitative estimate of drug-likeness (QED) is 0.635. The second-order valence-electron chi connectivity index (χ2n) is 1.61. The van der Waals surface area contributed by atoms with E-state index < -0.39 is 0 Å². The molecular formula is C5H4ClN3S. The first-order valence-electron chi connectivity index (χ1n) is 2.60. The third-order valence-corrected chi connectivity index (χ3v) is 2.10. The molecule has 52 valence electrons. The summed E-state index contributed by atoms with van der Waals surface area (Å²) in [5.41, 5.74) is 1.59. The molecular weight excluding hydrogens is 170 g/mol. The van der Waals surface area contributed by atoms with Crippen LogP contribution in [0.25, 0.3) is 0 Å². The van der Waals surface area contributed by atoms with Crippen molar-refractivity contribution in [2.75, 3.05) is 5.88 Å². The summed E-state index contributed by atoms with van der Waals surface area (Å²) in [7, 11) is 0. The Morgan fingerprint density at radius 2 is 2.70 bits per heavy atom. The molecule has 1 rings (SSSR count). The number of rotatable bonds is 2. The van der Waals surface area contributed by atoms with Crippen LogP contribution in [0.4, 0.5) is 0 Å². The lowest BCUT2D eigenvalue weighted by Crippen LogP contribution is -1.95. The van der Waals surface area contributed by atoms with Gasteiger partial charge < -0.3 is 0 Å². The number of nitriles is 1. The number of halogens is 1. The van der Waals surface area contributed by atoms with E-state index in [0.717, 1.165) is 0 Å². The fourth-order valence-corrected chi connectivity index (χ4v) is 1.39. The van der Waals surface area contributed by atoms with Gasteiger partial charge in [0.25, 0.3) is 0 Å². The molecule has 1 heterocycles. The Bertz CT molecular complexity index is 228. The van der Waals surface area contributed by atoms with Crippen LogP contribution in [0.15, 0.2) is 5.51 Å². The molecule has 0 aliphatic rings. The Morgan fingerprint density at radius 1 is 1.90 bits per heavy atom. The van der Waals surface area contributed by atoms with Crippen molar-refractivity contribution in [1.82, 2.24) is 10.2 Å². The maximum absolute atomic E-state index is 8.50. The van der Waals surface area contributed by atoms with Gasteiger partial charge in [0, 0.05) is 5.88 Å². The molecule has 0 fully saturated rings. The lowest BCUT2D eigenvalue weighted by atomic mass is 10.2. The maximum Gasteiger partial charge on any atom is 0.135 e. The molecule has 1 unspecified atom stereocenters. The molecule has 0 spiro atoms. The molecule has 1 aromatic rings. The zero-order valence-electron chi connectivity index (χ0n) is 4.99. The second kappa shape index (κ2) is 3.49. The Labute approximate surface area is 67.3 Å². The van der Waals surface area contributed by atoms with Gasteiger partial charge in [0.05, 0.1) is 6.07 Å². The van der Waals surface area contributed by atoms with E-state index in [9.17, 15) is 0 Å². The molecule has 0 aliphatic heterocycles. The van der Waals surface area contributed by atoms with Gasteiger partial charge in [0.15, 0.2) is 0 Å². The summed E-state index contributed by atoms with van der Waals surface area (Å²) < 4.78 is 0. The highest BCUT2D eigenvalue weighted by molar-refractivity contribution is 7.09. The van der Waals surface area contributed by atoms with Crippen molar-refractivity contribution < 1.29 is 0 Å². The van der Waals surface area contributed by atoms with E-state index in [1.165, 1.54) is 11.3 Å². The molecule has 0 aromatic carbocycles. The smallest absolute Gasteiger partial charge is 0.135 e. The minimum absolute atomic E-state index is 0.283. The van der Waals surface area contributed by atoms with Crippen LogP contribution in [0.1, 0.15) is 10.9 Å². The number of nitrogens with zero attached hydrogens (tertiary/aromatic N) is 3. The average Bonchev–Trinajstić information content (AvgIpc) is 2.43. The maximum atomic E-state index is 8.50. The largest absolute Gasteiger partial charge is 0.198 e. The third kappa shape index (κ3) is 1.43. The normalized spacial score (nSPS) is 12.4. The van der Waals surface area contributed by atoms with Crippen molar-refractivity contribution in [3.63, 3.8) is 0 Å². The van der Waals surface area contributed by atoms with Crippen LogP contribution in [0.5, 0.6) is 0 Å². The summed E-state index contributed by atoms with van der Waals surface area (Å²) in [4.78, 5) is 0. The van der Waals surface area contributed by atoms with E-state index in [1.807, 2.05) is 6.07 Å². The fourth-order valence-electron chi connectivity index (χ4n) is 0.489. The van der Waals surface area contributed by atoms with E-state index in [4.69, 9.17) is 16.9 Å². The lowest BCUT2D eigenvalue weighted by Gasteiger charge is -1.94. The van der Waals surface area contributed by atoms with Gasteiger partial charge in [-0.3, -0.25) is 0 Å². The highest BCUT2D eigenvalue weighted by Gasteiger charge is 2.11. The first-order chi connectivity index (χ1) is 4.88. The van der Waals surface area contributed by atoms with Gasteiger partial charge in [-0.15, -0.1) is 33.1 Å². The van der Waals surface area contributed by atoms with Gasteiger partial charge in [-0.05, 0) is 0 Å². The summed E-state index contributed by atoms with van der Waals surface area (Å²) >= 11 is 6.83. The molecule has 5 heteroatoms. The van der Waals surface area contributed by atoms with Crippen LogP contribution in [0.2, 0.25) is 0 Å². The highest BCUT2D eigenvalue weighted by Crippen LogP contribution is 2.16. The minimum Gasteiger partial charge on any atom is -0.198 e. The number of hydrogen-bond donors (Lipinski definition) is 0. The second-order valence-corrected chi connectivity index (χ2v) is 2.79. The molecule has 10 heavy (non-hydrogen) atoms. The molecule has 0 aliphatic carbocycles. The van der Waals surface area contributed by atoms with Crippen LogP contribution < -0.4 is 0 Å². The Morgan fingerprint density at radius 3 is 3.10 bits per heavy atom. The van der Waals surface area contributed by atoms with Crippen molar-refractivity contribution in [3.8, 4) is 6.07 Å². The first kappa shape index (κ1) is 7.45. The van der Waals surface area contributed by atoms with Gasteiger partial charge in [0.2, 0.25) is 0 Å². The lowest BCUT2D eigenvalue weighted by molar-refractivity contribution is 0.913. The predicted octanol–water partition coefficient (Wildman–Crippen LogP) is 1.38. The van der Waals surface area contributed by atoms with Gasteiger partial charge in [-0.1, -0.05) is 0 Å². The van der Waals surface area contributed by atoms with Crippen molar-refractivity contribution in [1.29, 1.82) is 5.26 Å². The molecule has 0 saturated heterocycles. The molecule has 0 radical (unpaired) electrons. The van der Waals surface area contributed by atoms with E-state index in [0.29, 0.717) is 5.01 Å². The standard InChI is InChI=1S/C5H4ClN3S/c6-1-4(2-7)5-9-8-3-10-5/h3-4H,1H2. The van der Waals surface area contributed by atoms with Crippen molar-refractivity contribution in [2.45, 2.75) is 5.92 Å². The van der Waals surface area contributed by atoms with Crippen LogP contribution in [-0.4, -0.2) is 16.1 Å². The number of hydrogen-bond acceptors (Lipinski definition) is 4. The van der Waals surface area contributed by atoms with Gasteiger partial charge in [-0.25, -0.2) is 0 Å². The van der Waals surface area contributed by atoms with Crippen LogP contribution >= 0.6 is 22.9 Å². The minimum atomic E-state index is -0.297. The summed E-state index contributed by atoms with van der Waals surface area (Å²) in [6, 6.07) is 2.03. The van der Waals surface area contributed by atoms with E-state index in [-0.39, 0.29) is 11.8 Å². The van der Waals surface area contributed by atoms with Gasteiger partial charge in [0.1, 0.15) is 16.4 Å². The molecule has 0 N–H and O–H groups in total. The predicted molar refractivity (Wildman–Crippen MR) is 39.0 cm³/mol. The number of aromatic nitrogens is 2. The SMILES string of the molecule is N#CC(CCl)c1nncs1. The first-order valence-corrected chi connectivity index (χ1v) is 4.01. The third-order valence-electron chi connectivity index (χ3n) is 0.985. The molecule has 0 bridgehead atoms. The molecule has 0 amide bonds. The van der Waals surface area contributed by atoms with Gasteiger partial charge in [-0.2, -0.15) is 5.26 Å². The van der Waals surface area contributed by atoms with E-state index in [1.54, 1.807) is 5.51 Å². The Balaban J connectivity index is 2.76. The molecule has 1 aromatic heterocycles. The summed E-state index contributed by atoms with van der Waals surface area (Å²) in [5.74, 6) is -0.0136. The summed E-state index contributed by atoms with van der Waals surface area (Å²) in [6.45, 7) is 0. The molecule has 0 saturated carbocycles. The van der Waals surface area contributed by atoms with Crippen LogP contribution in [0, 0.1) is 11.3 Å². The van der Waals surface area contributed by atoms with Crippen molar-refractivity contribution >= 4 is 22.9 Å². The van der Waals surface area contributed by atoms with Crippen LogP contribution in [-0.2, 0) is 0 Å². The zero-order valence-corrected chi connectivity index (χ0v) is 6.56. The monoisotopic (exact) mass is 173 g/mol. The zero-order chi connectivity index (χ0) is 7.40. The highest BCUT2D eigenvalue weighted by atomic mass is 35.5.